The molecule has 0 fully saturated rings. The van der Waals surface area contributed by atoms with Crippen molar-refractivity contribution in [3.63, 3.8) is 0 Å². The second kappa shape index (κ2) is 6.19. The summed E-state index contributed by atoms with van der Waals surface area (Å²) in [5.74, 6) is -0.963. The minimum absolute atomic E-state index is 0.412. The number of carbonyl (C=O) groups excluding carboxylic acids is 2. The molecule has 0 aliphatic carbocycles. The van der Waals surface area contributed by atoms with E-state index in [-0.39, 0.29) is 0 Å². The molecule has 2 heteroatoms. The Balaban J connectivity index is 2.03. The Morgan fingerprint density at radius 1 is 0.545 bits per heavy atom. The van der Waals surface area contributed by atoms with E-state index in [1.54, 1.807) is 36.4 Å². The molecule has 0 saturated carbocycles. The molecule has 0 spiro atoms. The molecule has 3 rings (SSSR count). The maximum atomic E-state index is 12.6. The molecule has 0 N–H and O–H groups in total. The quantitative estimate of drug-likeness (QED) is 0.525. The van der Waals surface area contributed by atoms with E-state index in [0.29, 0.717) is 11.1 Å². The van der Waals surface area contributed by atoms with Gasteiger partial charge in [-0.2, -0.15) is 0 Å². The van der Waals surface area contributed by atoms with Gasteiger partial charge in [0.25, 0.3) is 0 Å². The summed E-state index contributed by atoms with van der Waals surface area (Å²) in [6, 6.07) is 25.5. The van der Waals surface area contributed by atoms with Crippen LogP contribution in [0, 0.1) is 0 Å². The minimum Gasteiger partial charge on any atom is -0.285 e. The summed E-state index contributed by atoms with van der Waals surface area (Å²) in [7, 11) is 0. The van der Waals surface area contributed by atoms with Crippen molar-refractivity contribution in [2.24, 2.45) is 0 Å². The van der Waals surface area contributed by atoms with Crippen LogP contribution in [0.15, 0.2) is 84.9 Å². The van der Waals surface area contributed by atoms with Gasteiger partial charge in [-0.3, -0.25) is 9.59 Å². The van der Waals surface area contributed by atoms with Gasteiger partial charge < -0.3 is 0 Å². The molecule has 0 saturated heterocycles. The van der Waals surface area contributed by atoms with Crippen LogP contribution in [0.3, 0.4) is 0 Å². The van der Waals surface area contributed by atoms with Crippen LogP contribution in [-0.4, -0.2) is 11.6 Å². The second-order valence-corrected chi connectivity index (χ2v) is 4.94. The van der Waals surface area contributed by atoms with E-state index < -0.39 is 11.6 Å². The molecule has 0 heterocycles. The van der Waals surface area contributed by atoms with E-state index in [1.807, 2.05) is 48.5 Å². The van der Waals surface area contributed by atoms with Crippen LogP contribution in [0.25, 0.3) is 11.1 Å². The molecule has 3 aromatic carbocycles. The predicted octanol–water partition coefficient (Wildman–Crippen LogP) is 4.42. The zero-order valence-electron chi connectivity index (χ0n) is 11.9. The van der Waals surface area contributed by atoms with Crippen molar-refractivity contribution in [3.05, 3.63) is 96.1 Å². The van der Waals surface area contributed by atoms with Crippen LogP contribution in [0.5, 0.6) is 0 Å². The third kappa shape index (κ3) is 2.72. The average molecular weight is 286 g/mol. The first-order valence-electron chi connectivity index (χ1n) is 7.06. The van der Waals surface area contributed by atoms with Crippen molar-refractivity contribution in [3.8, 4) is 11.1 Å². The van der Waals surface area contributed by atoms with Gasteiger partial charge in [-0.1, -0.05) is 84.9 Å². The summed E-state index contributed by atoms with van der Waals surface area (Å²) in [5, 5.41) is 0. The molecular formula is C20H14O2. The van der Waals surface area contributed by atoms with Gasteiger partial charge in [0.05, 0.1) is 0 Å². The Hall–Kier alpha value is -3.00. The topological polar surface area (TPSA) is 34.1 Å². The first-order chi connectivity index (χ1) is 10.8. The standard InChI is InChI=1S/C20H14O2/c21-19(16-11-5-2-6-12-16)20(22)18-14-8-7-13-17(18)15-9-3-1-4-10-15/h1-14H. The Morgan fingerprint density at radius 2 is 1.09 bits per heavy atom. The summed E-state index contributed by atoms with van der Waals surface area (Å²) in [6.07, 6.45) is 0. The summed E-state index contributed by atoms with van der Waals surface area (Å²) < 4.78 is 0. The normalized spacial score (nSPS) is 10.2. The molecule has 0 atom stereocenters. The lowest BCUT2D eigenvalue weighted by molar-refractivity contribution is 0.0817. The third-order valence-corrected chi connectivity index (χ3v) is 3.50. The highest BCUT2D eigenvalue weighted by atomic mass is 16.2. The van der Waals surface area contributed by atoms with E-state index >= 15 is 0 Å². The fraction of sp³-hybridized carbons (Fsp3) is 0. The average Bonchev–Trinajstić information content (AvgIpc) is 2.62. The van der Waals surface area contributed by atoms with Gasteiger partial charge in [-0.15, -0.1) is 0 Å². The Kier molecular flexibility index (Phi) is 3.92. The predicted molar refractivity (Wildman–Crippen MR) is 87.0 cm³/mol. The van der Waals surface area contributed by atoms with Crippen molar-refractivity contribution in [1.82, 2.24) is 0 Å². The molecular weight excluding hydrogens is 272 g/mol. The minimum atomic E-state index is -0.482. The summed E-state index contributed by atoms with van der Waals surface area (Å²) in [4.78, 5) is 25.0. The SMILES string of the molecule is O=C(C(=O)c1ccccc1-c1ccccc1)c1ccccc1. The van der Waals surface area contributed by atoms with E-state index in [4.69, 9.17) is 0 Å². The molecule has 22 heavy (non-hydrogen) atoms. The Labute approximate surface area is 129 Å². The van der Waals surface area contributed by atoms with Crippen LogP contribution in [0.4, 0.5) is 0 Å². The van der Waals surface area contributed by atoms with Crippen molar-refractivity contribution >= 4 is 11.6 Å². The number of hydrogen-bond donors (Lipinski definition) is 0. The van der Waals surface area contributed by atoms with E-state index in [1.165, 1.54) is 0 Å². The number of benzene rings is 3. The molecule has 0 aliphatic heterocycles. The Bertz CT molecular complexity index is 805. The fourth-order valence-corrected chi connectivity index (χ4v) is 2.39. The van der Waals surface area contributed by atoms with Crippen LogP contribution < -0.4 is 0 Å². The van der Waals surface area contributed by atoms with E-state index in [0.717, 1.165) is 11.1 Å². The first kappa shape index (κ1) is 14.0. The van der Waals surface area contributed by atoms with Crippen LogP contribution >= 0.6 is 0 Å². The summed E-state index contributed by atoms with van der Waals surface area (Å²) in [5.41, 5.74) is 2.54. The number of hydrogen-bond acceptors (Lipinski definition) is 2. The van der Waals surface area contributed by atoms with Crippen molar-refractivity contribution < 1.29 is 9.59 Å². The van der Waals surface area contributed by atoms with E-state index in [2.05, 4.69) is 0 Å². The summed E-state index contributed by atoms with van der Waals surface area (Å²) >= 11 is 0. The smallest absolute Gasteiger partial charge is 0.234 e. The lowest BCUT2D eigenvalue weighted by atomic mass is 9.93. The highest BCUT2D eigenvalue weighted by Crippen LogP contribution is 2.24. The number of carbonyl (C=O) groups is 2. The fourth-order valence-electron chi connectivity index (χ4n) is 2.39. The number of Topliss-reactive ketones (excluding diaryl/α,β-unsaturated/α-hetero) is 2. The van der Waals surface area contributed by atoms with Crippen molar-refractivity contribution in [1.29, 1.82) is 0 Å². The molecule has 0 unspecified atom stereocenters. The second-order valence-electron chi connectivity index (χ2n) is 4.94. The zero-order valence-corrected chi connectivity index (χ0v) is 11.9. The van der Waals surface area contributed by atoms with Gasteiger partial charge in [-0.05, 0) is 11.1 Å². The van der Waals surface area contributed by atoms with Gasteiger partial charge in [0.15, 0.2) is 0 Å². The first-order valence-corrected chi connectivity index (χ1v) is 7.06. The lowest BCUT2D eigenvalue weighted by Crippen LogP contribution is -2.15. The maximum Gasteiger partial charge on any atom is 0.234 e. The van der Waals surface area contributed by atoms with Gasteiger partial charge in [0.1, 0.15) is 0 Å². The van der Waals surface area contributed by atoms with E-state index in [9.17, 15) is 9.59 Å². The van der Waals surface area contributed by atoms with Crippen molar-refractivity contribution in [2.75, 3.05) is 0 Å². The molecule has 0 aliphatic rings. The maximum absolute atomic E-state index is 12.6. The monoisotopic (exact) mass is 286 g/mol. The van der Waals surface area contributed by atoms with Crippen LogP contribution in [0.2, 0.25) is 0 Å². The summed E-state index contributed by atoms with van der Waals surface area (Å²) in [6.45, 7) is 0. The molecule has 106 valence electrons. The van der Waals surface area contributed by atoms with Crippen LogP contribution in [0.1, 0.15) is 20.7 Å². The highest BCUT2D eigenvalue weighted by Gasteiger charge is 2.21. The molecule has 0 aromatic heterocycles. The molecule has 2 nitrogen and oxygen atoms in total. The van der Waals surface area contributed by atoms with Crippen molar-refractivity contribution in [2.45, 2.75) is 0 Å². The van der Waals surface area contributed by atoms with Gasteiger partial charge in [0.2, 0.25) is 11.6 Å². The largest absolute Gasteiger partial charge is 0.285 e. The zero-order chi connectivity index (χ0) is 15.4. The van der Waals surface area contributed by atoms with Gasteiger partial charge >= 0.3 is 0 Å². The van der Waals surface area contributed by atoms with Gasteiger partial charge in [-0.25, -0.2) is 0 Å². The lowest BCUT2D eigenvalue weighted by Gasteiger charge is -2.08. The van der Waals surface area contributed by atoms with Gasteiger partial charge in [0, 0.05) is 11.1 Å². The molecule has 0 radical (unpaired) electrons. The third-order valence-electron chi connectivity index (χ3n) is 3.50. The molecule has 0 bridgehead atoms. The van der Waals surface area contributed by atoms with Crippen LogP contribution in [-0.2, 0) is 0 Å². The Morgan fingerprint density at radius 3 is 1.77 bits per heavy atom. The number of rotatable bonds is 4. The number of ketones is 2. The molecule has 0 amide bonds. The molecule has 3 aromatic rings. The highest BCUT2D eigenvalue weighted by molar-refractivity contribution is 6.50.